The van der Waals surface area contributed by atoms with Crippen LogP contribution in [0.3, 0.4) is 0 Å². The van der Waals surface area contributed by atoms with Crippen molar-refractivity contribution >= 4 is 34.0 Å². The minimum absolute atomic E-state index is 0.132. The number of carbonyl (C=O) groups excluding carboxylic acids is 1. The lowest BCUT2D eigenvalue weighted by molar-refractivity contribution is 0.0951. The highest BCUT2D eigenvalue weighted by Crippen LogP contribution is 2.22. The molecule has 3 aromatic heterocycles. The molecule has 0 aliphatic heterocycles. The smallest absolute Gasteiger partial charge is 0.251 e. The van der Waals surface area contributed by atoms with Crippen LogP contribution in [0.4, 0.5) is 5.69 Å². The third-order valence-electron chi connectivity index (χ3n) is 5.43. The third-order valence-corrected chi connectivity index (χ3v) is 6.16. The Morgan fingerprint density at radius 3 is 2.85 bits per heavy atom. The Morgan fingerprint density at radius 2 is 2.00 bits per heavy atom. The Kier molecular flexibility index (Phi) is 6.12. The average Bonchev–Trinajstić information content (AvgIpc) is 3.53. The highest BCUT2D eigenvalue weighted by molar-refractivity contribution is 7.07. The van der Waals surface area contributed by atoms with Crippen LogP contribution in [0, 0.1) is 0 Å². The zero-order chi connectivity index (χ0) is 22.5. The van der Waals surface area contributed by atoms with Crippen LogP contribution in [0.1, 0.15) is 21.5 Å². The number of nitrogens with one attached hydrogen (secondary N) is 2. The monoisotopic (exact) mass is 453 g/mol. The van der Waals surface area contributed by atoms with Crippen molar-refractivity contribution in [1.29, 1.82) is 0 Å². The van der Waals surface area contributed by atoms with Gasteiger partial charge in [0.2, 0.25) is 0 Å². The first-order chi connectivity index (χ1) is 16.3. The fourth-order valence-electron chi connectivity index (χ4n) is 3.70. The van der Waals surface area contributed by atoms with E-state index >= 15 is 0 Å². The van der Waals surface area contributed by atoms with E-state index < -0.39 is 0 Å². The van der Waals surface area contributed by atoms with E-state index in [2.05, 4.69) is 55.6 Å². The van der Waals surface area contributed by atoms with Gasteiger partial charge in [0.25, 0.3) is 5.91 Å². The number of aromatic nitrogens is 3. The Labute approximate surface area is 196 Å². The van der Waals surface area contributed by atoms with E-state index in [-0.39, 0.29) is 5.91 Å². The maximum atomic E-state index is 12.6. The lowest BCUT2D eigenvalue weighted by atomic mass is 10.1. The standard InChI is InChI=1S/C26H23N5OS/c32-26(29-16-20-3-2-10-27-15-20)21-6-7-25-24(13-21)30-18-31(25)23-5-1-4-22(14-23)28-11-8-19-9-12-33-17-19/h1-7,9-10,12-15,17-18,28H,8,11,16H2,(H,29,32). The van der Waals surface area contributed by atoms with Crippen LogP contribution >= 0.6 is 11.3 Å². The number of fused-ring (bicyclic) bond motifs is 1. The molecule has 0 atom stereocenters. The van der Waals surface area contributed by atoms with Crippen molar-refractivity contribution < 1.29 is 4.79 Å². The van der Waals surface area contributed by atoms with Gasteiger partial charge >= 0.3 is 0 Å². The molecule has 6 nitrogen and oxygen atoms in total. The predicted molar refractivity (Wildman–Crippen MR) is 133 cm³/mol. The minimum atomic E-state index is -0.132. The highest BCUT2D eigenvalue weighted by atomic mass is 32.1. The topological polar surface area (TPSA) is 71.8 Å². The van der Waals surface area contributed by atoms with Crippen LogP contribution in [0.5, 0.6) is 0 Å². The normalized spacial score (nSPS) is 10.9. The number of imidazole rings is 1. The molecule has 0 aliphatic carbocycles. The maximum Gasteiger partial charge on any atom is 0.251 e. The van der Waals surface area contributed by atoms with E-state index in [1.165, 1.54) is 5.56 Å². The molecule has 33 heavy (non-hydrogen) atoms. The maximum absolute atomic E-state index is 12.6. The molecule has 5 rings (SSSR count). The number of benzene rings is 2. The molecule has 0 radical (unpaired) electrons. The van der Waals surface area contributed by atoms with Crippen molar-refractivity contribution in [3.8, 4) is 5.69 Å². The van der Waals surface area contributed by atoms with Gasteiger partial charge in [0.05, 0.1) is 11.0 Å². The molecular weight excluding hydrogens is 430 g/mol. The van der Waals surface area contributed by atoms with Crippen molar-refractivity contribution in [3.05, 3.63) is 107 Å². The van der Waals surface area contributed by atoms with Crippen molar-refractivity contribution in [3.63, 3.8) is 0 Å². The summed E-state index contributed by atoms with van der Waals surface area (Å²) in [7, 11) is 0. The van der Waals surface area contributed by atoms with Crippen LogP contribution in [0.2, 0.25) is 0 Å². The van der Waals surface area contributed by atoms with Gasteiger partial charge in [-0.25, -0.2) is 4.98 Å². The second-order valence-corrected chi connectivity index (χ2v) is 8.50. The third kappa shape index (κ3) is 4.94. The molecule has 0 fully saturated rings. The average molecular weight is 454 g/mol. The fourth-order valence-corrected chi connectivity index (χ4v) is 4.40. The van der Waals surface area contributed by atoms with E-state index in [0.717, 1.165) is 40.9 Å². The van der Waals surface area contributed by atoms with Gasteiger partial charge in [0.1, 0.15) is 6.33 Å². The lowest BCUT2D eigenvalue weighted by Gasteiger charge is -2.10. The molecule has 7 heteroatoms. The Balaban J connectivity index is 1.29. The van der Waals surface area contributed by atoms with Crippen molar-refractivity contribution in [2.24, 2.45) is 0 Å². The zero-order valence-electron chi connectivity index (χ0n) is 17.9. The first-order valence-corrected chi connectivity index (χ1v) is 11.7. The summed E-state index contributed by atoms with van der Waals surface area (Å²) < 4.78 is 2.04. The van der Waals surface area contributed by atoms with E-state index in [0.29, 0.717) is 12.1 Å². The Bertz CT molecular complexity index is 1360. The van der Waals surface area contributed by atoms with Gasteiger partial charge < -0.3 is 10.6 Å². The van der Waals surface area contributed by atoms with Crippen LogP contribution in [0.15, 0.2) is 90.1 Å². The second-order valence-electron chi connectivity index (χ2n) is 7.72. The van der Waals surface area contributed by atoms with Crippen LogP contribution < -0.4 is 10.6 Å². The van der Waals surface area contributed by atoms with E-state index in [9.17, 15) is 4.79 Å². The molecule has 2 aromatic carbocycles. The fraction of sp³-hybridized carbons (Fsp3) is 0.115. The molecule has 164 valence electrons. The van der Waals surface area contributed by atoms with Crippen molar-refractivity contribution in [2.45, 2.75) is 13.0 Å². The van der Waals surface area contributed by atoms with Gasteiger partial charge in [-0.05, 0) is 76.8 Å². The van der Waals surface area contributed by atoms with Gasteiger partial charge in [0.15, 0.2) is 0 Å². The summed E-state index contributed by atoms with van der Waals surface area (Å²) in [4.78, 5) is 21.2. The molecule has 5 aromatic rings. The molecule has 2 N–H and O–H groups in total. The van der Waals surface area contributed by atoms with Gasteiger partial charge in [-0.3, -0.25) is 14.3 Å². The Morgan fingerprint density at radius 1 is 1.03 bits per heavy atom. The van der Waals surface area contributed by atoms with Crippen molar-refractivity contribution in [2.75, 3.05) is 11.9 Å². The first-order valence-electron chi connectivity index (χ1n) is 10.8. The molecule has 0 spiro atoms. The molecule has 0 saturated carbocycles. The van der Waals surface area contributed by atoms with Crippen LogP contribution in [-0.2, 0) is 13.0 Å². The Hall–Kier alpha value is -3.97. The quantitative estimate of drug-likeness (QED) is 0.344. The number of anilines is 1. The van der Waals surface area contributed by atoms with Crippen LogP contribution in [-0.4, -0.2) is 27.0 Å². The minimum Gasteiger partial charge on any atom is -0.385 e. The number of pyridine rings is 1. The first kappa shape index (κ1) is 20.9. The summed E-state index contributed by atoms with van der Waals surface area (Å²) in [6, 6.07) is 19.8. The number of nitrogens with zero attached hydrogens (tertiary/aromatic N) is 3. The highest BCUT2D eigenvalue weighted by Gasteiger charge is 2.10. The number of carbonyl (C=O) groups is 1. The van der Waals surface area contributed by atoms with Gasteiger partial charge in [-0.2, -0.15) is 11.3 Å². The summed E-state index contributed by atoms with van der Waals surface area (Å²) in [5.74, 6) is -0.132. The van der Waals surface area contributed by atoms with Gasteiger partial charge in [0, 0.05) is 42.4 Å². The molecule has 3 heterocycles. The summed E-state index contributed by atoms with van der Waals surface area (Å²) in [5, 5.41) is 10.7. The van der Waals surface area contributed by atoms with Crippen molar-refractivity contribution in [1.82, 2.24) is 19.9 Å². The van der Waals surface area contributed by atoms with E-state index in [1.54, 1.807) is 30.1 Å². The molecule has 1 amide bonds. The predicted octanol–water partition coefficient (Wildman–Crippen LogP) is 5.07. The largest absolute Gasteiger partial charge is 0.385 e. The molecule has 0 unspecified atom stereocenters. The van der Waals surface area contributed by atoms with Gasteiger partial charge in [-0.1, -0.05) is 12.1 Å². The van der Waals surface area contributed by atoms with Crippen LogP contribution in [0.25, 0.3) is 16.7 Å². The molecule has 0 aliphatic rings. The zero-order valence-corrected chi connectivity index (χ0v) is 18.8. The summed E-state index contributed by atoms with van der Waals surface area (Å²) in [5.41, 5.74) is 6.71. The summed E-state index contributed by atoms with van der Waals surface area (Å²) >= 11 is 1.73. The summed E-state index contributed by atoms with van der Waals surface area (Å²) in [6.07, 6.45) is 6.25. The number of rotatable bonds is 8. The summed E-state index contributed by atoms with van der Waals surface area (Å²) in [6.45, 7) is 1.31. The number of thiophene rings is 1. The molecule has 0 bridgehead atoms. The lowest BCUT2D eigenvalue weighted by Crippen LogP contribution is -2.22. The number of hydrogen-bond donors (Lipinski definition) is 2. The SMILES string of the molecule is O=C(NCc1cccnc1)c1ccc2c(c1)ncn2-c1cccc(NCCc2ccsc2)c1. The molecular formula is C26H23N5OS. The van der Waals surface area contributed by atoms with E-state index in [1.807, 2.05) is 41.0 Å². The number of amides is 1. The van der Waals surface area contributed by atoms with Gasteiger partial charge in [-0.15, -0.1) is 0 Å². The second kappa shape index (κ2) is 9.67. The number of hydrogen-bond acceptors (Lipinski definition) is 5. The van der Waals surface area contributed by atoms with E-state index in [4.69, 9.17) is 0 Å². The molecule has 0 saturated heterocycles.